The normalized spacial score (nSPS) is 15.7. The van der Waals surface area contributed by atoms with Gasteiger partial charge in [-0.2, -0.15) is 0 Å². The van der Waals surface area contributed by atoms with Crippen LogP contribution >= 0.6 is 0 Å². The quantitative estimate of drug-likeness (QED) is 0.750. The van der Waals surface area contributed by atoms with Gasteiger partial charge in [0.1, 0.15) is 12.6 Å². The van der Waals surface area contributed by atoms with E-state index in [0.717, 1.165) is 5.56 Å². The van der Waals surface area contributed by atoms with Gasteiger partial charge in [0.15, 0.2) is 5.72 Å². The molecule has 0 saturated carbocycles. The summed E-state index contributed by atoms with van der Waals surface area (Å²) in [7, 11) is 0. The molecule has 1 unspecified atom stereocenters. The number of anilines is 1. The van der Waals surface area contributed by atoms with Crippen LogP contribution in [0.4, 0.5) is 10.5 Å². The fourth-order valence-electron chi connectivity index (χ4n) is 3.31. The van der Waals surface area contributed by atoms with Crippen LogP contribution in [-0.2, 0) is 20.9 Å². The van der Waals surface area contributed by atoms with Gasteiger partial charge in [-0.3, -0.25) is 9.69 Å². The van der Waals surface area contributed by atoms with Crippen molar-refractivity contribution in [2.45, 2.75) is 46.1 Å². The summed E-state index contributed by atoms with van der Waals surface area (Å²) in [6, 6.07) is 13.7. The zero-order valence-electron chi connectivity index (χ0n) is 16.9. The van der Waals surface area contributed by atoms with E-state index in [9.17, 15) is 14.4 Å². The van der Waals surface area contributed by atoms with Crippen molar-refractivity contribution in [1.82, 2.24) is 4.90 Å². The number of amides is 2. The largest absolute Gasteiger partial charge is 0.457 e. The second-order valence-electron chi connectivity index (χ2n) is 7.41. The van der Waals surface area contributed by atoms with Gasteiger partial charge in [-0.1, -0.05) is 42.5 Å². The predicted octanol–water partition coefficient (Wildman–Crippen LogP) is 3.87. The number of rotatable bonds is 6. The summed E-state index contributed by atoms with van der Waals surface area (Å²) < 4.78 is 10.5. The molecular formula is C22H24N2O5. The Labute approximate surface area is 169 Å². The lowest BCUT2D eigenvalue weighted by Crippen LogP contribution is -2.67. The summed E-state index contributed by atoms with van der Waals surface area (Å²) in [6.45, 7) is 6.93. The monoisotopic (exact) mass is 396 g/mol. The average Bonchev–Trinajstić information content (AvgIpc) is 2.66. The van der Waals surface area contributed by atoms with Crippen LogP contribution in [0.2, 0.25) is 0 Å². The molecule has 7 heteroatoms. The van der Waals surface area contributed by atoms with E-state index >= 15 is 0 Å². The van der Waals surface area contributed by atoms with Crippen molar-refractivity contribution in [3.05, 3.63) is 65.2 Å². The van der Waals surface area contributed by atoms with Crippen LogP contribution in [-0.4, -0.2) is 34.6 Å². The minimum absolute atomic E-state index is 0.131. The molecule has 1 aliphatic heterocycles. The van der Waals surface area contributed by atoms with Crippen molar-refractivity contribution < 1.29 is 23.9 Å². The molecular weight excluding hydrogens is 372 g/mol. The number of nitrogens with zero attached hydrogens (tertiary/aromatic N) is 1. The Morgan fingerprint density at radius 1 is 1.14 bits per heavy atom. The summed E-state index contributed by atoms with van der Waals surface area (Å²) >= 11 is 0. The third kappa shape index (κ3) is 4.23. The first-order chi connectivity index (χ1) is 13.7. The molecule has 2 amide bonds. The van der Waals surface area contributed by atoms with Crippen LogP contribution in [0.15, 0.2) is 48.5 Å². The highest BCUT2D eigenvalue weighted by atomic mass is 16.6. The van der Waals surface area contributed by atoms with Gasteiger partial charge < -0.3 is 14.8 Å². The van der Waals surface area contributed by atoms with E-state index < -0.39 is 29.7 Å². The summed E-state index contributed by atoms with van der Waals surface area (Å²) in [6.07, 6.45) is -0.551. The smallest absolute Gasteiger partial charge is 0.415 e. The number of carbonyl (C=O) groups excluding carboxylic acids is 3. The molecule has 1 fully saturated rings. The summed E-state index contributed by atoms with van der Waals surface area (Å²) in [5.41, 5.74) is 1.32. The van der Waals surface area contributed by atoms with Gasteiger partial charge in [0.2, 0.25) is 5.91 Å². The average molecular weight is 396 g/mol. The molecule has 1 aliphatic rings. The molecule has 3 rings (SSSR count). The summed E-state index contributed by atoms with van der Waals surface area (Å²) in [5.74, 6) is -0.948. The van der Waals surface area contributed by atoms with Crippen LogP contribution in [0.1, 0.15) is 42.3 Å². The van der Waals surface area contributed by atoms with Crippen LogP contribution < -0.4 is 5.32 Å². The van der Waals surface area contributed by atoms with E-state index in [1.807, 2.05) is 30.3 Å². The van der Waals surface area contributed by atoms with Gasteiger partial charge in [-0.15, -0.1) is 0 Å². The van der Waals surface area contributed by atoms with E-state index in [1.54, 1.807) is 45.9 Å². The van der Waals surface area contributed by atoms with E-state index in [2.05, 4.69) is 5.32 Å². The van der Waals surface area contributed by atoms with Gasteiger partial charge in [0.05, 0.1) is 11.3 Å². The summed E-state index contributed by atoms with van der Waals surface area (Å²) in [4.78, 5) is 38.5. The molecule has 2 aromatic carbocycles. The van der Waals surface area contributed by atoms with Crippen LogP contribution in [0.3, 0.4) is 0 Å². The van der Waals surface area contributed by atoms with Crippen molar-refractivity contribution in [2.24, 2.45) is 0 Å². The number of hydrogen-bond donors (Lipinski definition) is 1. The van der Waals surface area contributed by atoms with Crippen molar-refractivity contribution in [3.63, 3.8) is 0 Å². The van der Waals surface area contributed by atoms with Crippen LogP contribution in [0.25, 0.3) is 0 Å². The number of cyclic esters (lactones) is 1. The number of carbonyl (C=O) groups is 3. The zero-order valence-corrected chi connectivity index (χ0v) is 16.9. The molecule has 1 N–H and O–H groups in total. The molecule has 0 aliphatic carbocycles. The lowest BCUT2D eigenvalue weighted by Gasteiger charge is -2.48. The number of benzene rings is 2. The fraction of sp³-hybridized carbons (Fsp3) is 0.318. The Bertz CT molecular complexity index is 939. The van der Waals surface area contributed by atoms with Crippen molar-refractivity contribution in [2.75, 3.05) is 5.32 Å². The first-order valence-corrected chi connectivity index (χ1v) is 9.34. The van der Waals surface area contributed by atoms with Gasteiger partial charge in [-0.25, -0.2) is 9.59 Å². The number of esters is 1. The zero-order chi connectivity index (χ0) is 21.2. The molecule has 152 valence electrons. The molecule has 1 saturated heterocycles. The summed E-state index contributed by atoms with van der Waals surface area (Å²) in [5, 5.41) is 2.75. The topological polar surface area (TPSA) is 84.9 Å². The predicted molar refractivity (Wildman–Crippen MR) is 107 cm³/mol. The molecule has 0 spiro atoms. The lowest BCUT2D eigenvalue weighted by atomic mass is 10.1. The van der Waals surface area contributed by atoms with E-state index in [1.165, 1.54) is 4.90 Å². The Morgan fingerprint density at radius 2 is 1.83 bits per heavy atom. The second kappa shape index (κ2) is 7.95. The molecule has 7 nitrogen and oxygen atoms in total. The molecule has 29 heavy (non-hydrogen) atoms. The van der Waals surface area contributed by atoms with E-state index in [-0.39, 0.29) is 12.2 Å². The third-order valence-corrected chi connectivity index (χ3v) is 4.83. The van der Waals surface area contributed by atoms with Gasteiger partial charge in [0.25, 0.3) is 0 Å². The Balaban J connectivity index is 1.75. The van der Waals surface area contributed by atoms with E-state index in [4.69, 9.17) is 9.47 Å². The fourth-order valence-corrected chi connectivity index (χ4v) is 3.31. The number of hydrogen-bond acceptors (Lipinski definition) is 5. The Morgan fingerprint density at radius 3 is 2.45 bits per heavy atom. The molecule has 1 heterocycles. The molecule has 0 radical (unpaired) electrons. The first-order valence-electron chi connectivity index (χ1n) is 9.34. The minimum atomic E-state index is -0.849. The van der Waals surface area contributed by atoms with Crippen LogP contribution in [0.5, 0.6) is 0 Å². The van der Waals surface area contributed by atoms with Crippen molar-refractivity contribution in [1.29, 1.82) is 0 Å². The number of nitrogens with one attached hydrogen (secondary N) is 1. The molecule has 2 aromatic rings. The van der Waals surface area contributed by atoms with Gasteiger partial charge in [-0.05, 0) is 44.9 Å². The maximum atomic E-state index is 12.7. The Hall–Kier alpha value is -3.35. The van der Waals surface area contributed by atoms with Gasteiger partial charge in [0, 0.05) is 0 Å². The highest BCUT2D eigenvalue weighted by Gasteiger charge is 2.50. The molecule has 0 bridgehead atoms. The van der Waals surface area contributed by atoms with Crippen LogP contribution in [0, 0.1) is 6.92 Å². The minimum Gasteiger partial charge on any atom is -0.457 e. The molecule has 1 atom stereocenters. The van der Waals surface area contributed by atoms with Gasteiger partial charge >= 0.3 is 12.1 Å². The number of aryl methyl sites for hydroxylation is 1. The highest BCUT2D eigenvalue weighted by molar-refractivity contribution is 6.04. The standard InChI is InChI=1S/C22H24N2O5/c1-14-9-8-12-17(18(14)20(26)28-13-16-10-6-5-7-11-16)23-19(25)15(2)24-21(27)29-22(24,3)4/h5-12,15H,13H2,1-4H3,(H,23,25). The number of ether oxygens (including phenoxy) is 2. The maximum absolute atomic E-state index is 12.7. The first kappa shape index (κ1) is 20.4. The van der Waals surface area contributed by atoms with Crippen molar-refractivity contribution >= 4 is 23.7 Å². The SMILES string of the molecule is Cc1cccc(NC(=O)C(C)N2C(=O)OC2(C)C)c1C(=O)OCc1ccccc1. The lowest BCUT2D eigenvalue weighted by molar-refractivity contribution is -0.180. The highest BCUT2D eigenvalue weighted by Crippen LogP contribution is 2.31. The third-order valence-electron chi connectivity index (χ3n) is 4.83. The van der Waals surface area contributed by atoms with E-state index in [0.29, 0.717) is 11.3 Å². The maximum Gasteiger partial charge on any atom is 0.415 e. The molecule has 0 aromatic heterocycles. The Kier molecular flexibility index (Phi) is 5.59. The second-order valence-corrected chi connectivity index (χ2v) is 7.41. The van der Waals surface area contributed by atoms with Crippen molar-refractivity contribution in [3.8, 4) is 0 Å².